The Balaban J connectivity index is 1.93. The van der Waals surface area contributed by atoms with Crippen LogP contribution in [0.4, 0.5) is 0 Å². The first-order chi connectivity index (χ1) is 12.6. The van der Waals surface area contributed by atoms with E-state index < -0.39 is 5.91 Å². The molecule has 0 aliphatic carbocycles. The highest BCUT2D eigenvalue weighted by atomic mass is 35.5. The summed E-state index contributed by atoms with van der Waals surface area (Å²) in [4.78, 5) is 29.8. The molecule has 0 aliphatic rings. The first kappa shape index (κ1) is 18.1. The lowest BCUT2D eigenvalue weighted by atomic mass is 10.2. The van der Waals surface area contributed by atoms with E-state index in [2.05, 4.69) is 10.3 Å². The number of benzene rings is 2. The highest BCUT2D eigenvalue weighted by Gasteiger charge is 2.17. The zero-order valence-electron chi connectivity index (χ0n) is 14.2. The van der Waals surface area contributed by atoms with Crippen molar-refractivity contribution in [2.75, 3.05) is 13.7 Å². The largest absolute Gasteiger partial charge is 0.383 e. The average molecular weight is 372 g/mol. The molecule has 1 heterocycles. The molecule has 1 amide bonds. The third kappa shape index (κ3) is 3.92. The summed E-state index contributed by atoms with van der Waals surface area (Å²) in [5.74, 6) is -0.364. The van der Waals surface area contributed by atoms with Crippen LogP contribution < -0.4 is 10.9 Å². The zero-order valence-corrected chi connectivity index (χ0v) is 15.0. The van der Waals surface area contributed by atoms with Crippen LogP contribution >= 0.6 is 11.6 Å². The van der Waals surface area contributed by atoms with E-state index in [1.54, 1.807) is 43.5 Å². The lowest BCUT2D eigenvalue weighted by molar-refractivity contribution is 0.0931. The van der Waals surface area contributed by atoms with Crippen molar-refractivity contribution in [3.8, 4) is 0 Å². The summed E-state index contributed by atoms with van der Waals surface area (Å²) in [6.07, 6.45) is 0. The molecule has 0 fully saturated rings. The zero-order chi connectivity index (χ0) is 18.5. The predicted octanol–water partition coefficient (Wildman–Crippen LogP) is 2.63. The number of rotatable bonds is 6. The molecule has 0 radical (unpaired) electrons. The van der Waals surface area contributed by atoms with Crippen LogP contribution in [0.15, 0.2) is 53.3 Å². The van der Waals surface area contributed by atoms with Crippen LogP contribution in [-0.4, -0.2) is 29.2 Å². The smallest absolute Gasteiger partial charge is 0.287 e. The molecule has 3 aromatic rings. The van der Waals surface area contributed by atoms with Crippen molar-refractivity contribution in [2.24, 2.45) is 0 Å². The summed E-state index contributed by atoms with van der Waals surface area (Å²) in [6.45, 7) is 0.827. The molecular weight excluding hydrogens is 354 g/mol. The number of methoxy groups -OCH3 is 1. The molecule has 1 aromatic heterocycles. The normalized spacial score (nSPS) is 10.8. The van der Waals surface area contributed by atoms with Crippen LogP contribution in [0.5, 0.6) is 0 Å². The topological polar surface area (TPSA) is 73.2 Å². The summed E-state index contributed by atoms with van der Waals surface area (Å²) in [6, 6.07) is 14.2. The van der Waals surface area contributed by atoms with E-state index in [1.165, 1.54) is 4.57 Å². The number of ether oxygens (including phenoxy) is 1. The van der Waals surface area contributed by atoms with Crippen LogP contribution in [0.2, 0.25) is 5.02 Å². The molecule has 7 heteroatoms. The van der Waals surface area contributed by atoms with Crippen LogP contribution in [0, 0.1) is 0 Å². The van der Waals surface area contributed by atoms with Gasteiger partial charge in [-0.25, -0.2) is 4.98 Å². The van der Waals surface area contributed by atoms with Gasteiger partial charge in [0, 0.05) is 18.7 Å². The molecule has 0 saturated carbocycles. The average Bonchev–Trinajstić information content (AvgIpc) is 2.65. The van der Waals surface area contributed by atoms with Gasteiger partial charge in [0.05, 0.1) is 24.1 Å². The third-order valence-corrected chi connectivity index (χ3v) is 4.16. The van der Waals surface area contributed by atoms with E-state index in [0.29, 0.717) is 22.5 Å². The van der Waals surface area contributed by atoms with Gasteiger partial charge >= 0.3 is 0 Å². The van der Waals surface area contributed by atoms with Crippen molar-refractivity contribution in [3.05, 3.63) is 75.3 Å². The summed E-state index contributed by atoms with van der Waals surface area (Å²) in [5.41, 5.74) is 1.08. The molecule has 26 heavy (non-hydrogen) atoms. The van der Waals surface area contributed by atoms with Gasteiger partial charge in [-0.3, -0.25) is 14.2 Å². The van der Waals surface area contributed by atoms with E-state index in [4.69, 9.17) is 16.3 Å². The van der Waals surface area contributed by atoms with Gasteiger partial charge < -0.3 is 10.1 Å². The number of hydrogen-bond acceptors (Lipinski definition) is 4. The van der Waals surface area contributed by atoms with Gasteiger partial charge in [0.25, 0.3) is 11.5 Å². The van der Waals surface area contributed by atoms with Crippen molar-refractivity contribution in [1.29, 1.82) is 0 Å². The molecule has 0 aliphatic heterocycles. The summed E-state index contributed by atoms with van der Waals surface area (Å²) < 4.78 is 6.40. The Morgan fingerprint density at radius 2 is 2.04 bits per heavy atom. The number of amides is 1. The third-order valence-electron chi connectivity index (χ3n) is 3.93. The fourth-order valence-corrected chi connectivity index (χ4v) is 2.85. The molecule has 3 rings (SSSR count). The van der Waals surface area contributed by atoms with Gasteiger partial charge in [0.15, 0.2) is 0 Å². The number of hydrogen-bond donors (Lipinski definition) is 1. The summed E-state index contributed by atoms with van der Waals surface area (Å²) in [7, 11) is 1.54. The first-order valence-corrected chi connectivity index (χ1v) is 8.49. The van der Waals surface area contributed by atoms with Gasteiger partial charge in [-0.1, -0.05) is 35.9 Å². The van der Waals surface area contributed by atoms with Crippen LogP contribution in [-0.2, 0) is 17.8 Å². The number of carbonyl (C=O) groups excluding carboxylic acids is 1. The Hall–Kier alpha value is -2.70. The van der Waals surface area contributed by atoms with Crippen LogP contribution in [0.1, 0.15) is 16.2 Å². The van der Waals surface area contributed by atoms with Gasteiger partial charge in [-0.15, -0.1) is 0 Å². The van der Waals surface area contributed by atoms with Gasteiger partial charge in [0.2, 0.25) is 5.82 Å². The highest BCUT2D eigenvalue weighted by Crippen LogP contribution is 2.11. The van der Waals surface area contributed by atoms with Crippen molar-refractivity contribution < 1.29 is 9.53 Å². The second-order valence-corrected chi connectivity index (χ2v) is 6.15. The standard InChI is InChI=1S/C19H18ClN3O3/c1-26-10-9-23-17(22-16-8-3-2-7-15(16)19(23)25)18(24)21-12-13-5-4-6-14(20)11-13/h2-8,11H,9-10,12H2,1H3,(H,21,24). The second-order valence-electron chi connectivity index (χ2n) is 5.71. The number of para-hydroxylation sites is 1. The predicted molar refractivity (Wildman–Crippen MR) is 101 cm³/mol. The lowest BCUT2D eigenvalue weighted by Gasteiger charge is -2.13. The lowest BCUT2D eigenvalue weighted by Crippen LogP contribution is -2.34. The van der Waals surface area contributed by atoms with Crippen LogP contribution in [0.25, 0.3) is 10.9 Å². The quantitative estimate of drug-likeness (QED) is 0.723. The van der Waals surface area contributed by atoms with E-state index in [9.17, 15) is 9.59 Å². The Kier molecular flexibility index (Phi) is 5.65. The molecule has 0 saturated heterocycles. The molecule has 6 nitrogen and oxygen atoms in total. The number of aromatic nitrogens is 2. The fraction of sp³-hybridized carbons (Fsp3) is 0.211. The Bertz CT molecular complexity index is 1000. The maximum atomic E-state index is 12.7. The van der Waals surface area contributed by atoms with Gasteiger partial charge in [-0.05, 0) is 29.8 Å². The monoisotopic (exact) mass is 371 g/mol. The van der Waals surface area contributed by atoms with Crippen molar-refractivity contribution in [3.63, 3.8) is 0 Å². The van der Waals surface area contributed by atoms with Crippen molar-refractivity contribution in [2.45, 2.75) is 13.1 Å². The number of nitrogens with zero attached hydrogens (tertiary/aromatic N) is 2. The molecule has 0 unspecified atom stereocenters. The van der Waals surface area contributed by atoms with Crippen molar-refractivity contribution in [1.82, 2.24) is 14.9 Å². The second kappa shape index (κ2) is 8.12. The van der Waals surface area contributed by atoms with E-state index in [1.807, 2.05) is 12.1 Å². The van der Waals surface area contributed by atoms with E-state index in [-0.39, 0.29) is 24.5 Å². The minimum atomic E-state index is -0.427. The minimum Gasteiger partial charge on any atom is -0.383 e. The minimum absolute atomic E-state index is 0.0628. The maximum absolute atomic E-state index is 12.7. The molecule has 2 aromatic carbocycles. The molecule has 134 valence electrons. The Labute approximate surface area is 155 Å². The number of carbonyl (C=O) groups is 1. The molecule has 0 bridgehead atoms. The van der Waals surface area contributed by atoms with E-state index >= 15 is 0 Å². The molecule has 1 N–H and O–H groups in total. The molecular formula is C19H18ClN3O3. The van der Waals surface area contributed by atoms with Crippen LogP contribution in [0.3, 0.4) is 0 Å². The number of halogens is 1. The number of nitrogens with one attached hydrogen (secondary N) is 1. The number of fused-ring (bicyclic) bond motifs is 1. The first-order valence-electron chi connectivity index (χ1n) is 8.11. The Morgan fingerprint density at radius 1 is 1.23 bits per heavy atom. The summed E-state index contributed by atoms with van der Waals surface area (Å²) in [5, 5.41) is 3.85. The molecule has 0 spiro atoms. The van der Waals surface area contributed by atoms with Crippen molar-refractivity contribution >= 4 is 28.4 Å². The SMILES string of the molecule is COCCn1c(C(=O)NCc2cccc(Cl)c2)nc2ccccc2c1=O. The maximum Gasteiger partial charge on any atom is 0.287 e. The highest BCUT2D eigenvalue weighted by molar-refractivity contribution is 6.30. The fourth-order valence-electron chi connectivity index (χ4n) is 2.64. The summed E-state index contributed by atoms with van der Waals surface area (Å²) >= 11 is 5.96. The van der Waals surface area contributed by atoms with E-state index in [0.717, 1.165) is 5.56 Å². The molecule has 0 atom stereocenters. The van der Waals surface area contributed by atoms with Gasteiger partial charge in [-0.2, -0.15) is 0 Å². The Morgan fingerprint density at radius 3 is 2.81 bits per heavy atom. The van der Waals surface area contributed by atoms with Gasteiger partial charge in [0.1, 0.15) is 0 Å².